The molecule has 0 spiro atoms. The molecule has 0 aromatic heterocycles. The molecule has 0 amide bonds. The summed E-state index contributed by atoms with van der Waals surface area (Å²) in [5, 5.41) is 26.5. The summed E-state index contributed by atoms with van der Waals surface area (Å²) in [7, 11) is 0. The van der Waals surface area contributed by atoms with Crippen molar-refractivity contribution < 1.29 is 15.0 Å². The van der Waals surface area contributed by atoms with E-state index >= 15 is 0 Å². The molecule has 0 radical (unpaired) electrons. The van der Waals surface area contributed by atoms with Gasteiger partial charge in [0.05, 0.1) is 11.8 Å². The summed E-state index contributed by atoms with van der Waals surface area (Å²) < 4.78 is 0. The van der Waals surface area contributed by atoms with E-state index in [1.807, 2.05) is 0 Å². The van der Waals surface area contributed by atoms with E-state index in [9.17, 15) is 15.0 Å². The molecule has 110 valence electrons. The molecule has 0 saturated carbocycles. The minimum atomic E-state index is -0.288. The molecule has 6 nitrogen and oxygen atoms in total. The van der Waals surface area contributed by atoms with Crippen LogP contribution < -0.4 is 0 Å². The Morgan fingerprint density at radius 2 is 1.86 bits per heavy atom. The van der Waals surface area contributed by atoms with Crippen molar-refractivity contribution in [2.75, 3.05) is 0 Å². The van der Waals surface area contributed by atoms with Crippen LogP contribution in [0.1, 0.15) is 26.3 Å². The third-order valence-corrected chi connectivity index (χ3v) is 2.49. The number of nitrogens with zero attached hydrogens (tertiary/aromatic N) is 3. The molecule has 0 unspecified atom stereocenters. The lowest BCUT2D eigenvalue weighted by molar-refractivity contribution is -0.113. The number of para-hydroxylation sites is 1. The molecule has 0 aliphatic carbocycles. The van der Waals surface area contributed by atoms with Crippen molar-refractivity contribution in [3.63, 3.8) is 0 Å². The number of benzene rings is 1. The zero-order valence-electron chi connectivity index (χ0n) is 12.1. The third kappa shape index (κ3) is 5.40. The molecule has 0 aliphatic rings. The molecule has 6 heteroatoms. The van der Waals surface area contributed by atoms with Gasteiger partial charge in [0.2, 0.25) is 0 Å². The minimum absolute atomic E-state index is 0.100. The molecule has 2 N–H and O–H groups in total. The van der Waals surface area contributed by atoms with Crippen molar-refractivity contribution in [2.24, 2.45) is 15.2 Å². The summed E-state index contributed by atoms with van der Waals surface area (Å²) in [5.41, 5.74) is 0.655. The second kappa shape index (κ2) is 7.74. The maximum absolute atomic E-state index is 11.2. The standard InChI is InChI=1S/C15H17N3O3/c1-10(19)14(11(2)20)9-16-12(3)18-17-8-13-6-4-5-7-15(13)21/h4-9,19,21H,1-3H3/b14-10+,16-9+,17-8+,18-12+. The maximum Gasteiger partial charge on any atom is 0.164 e. The first-order chi connectivity index (χ1) is 9.91. The number of hydrogen-bond donors (Lipinski definition) is 2. The van der Waals surface area contributed by atoms with E-state index in [1.54, 1.807) is 31.2 Å². The van der Waals surface area contributed by atoms with Crippen molar-refractivity contribution in [3.8, 4) is 5.75 Å². The summed E-state index contributed by atoms with van der Waals surface area (Å²) >= 11 is 0. The number of aliphatic hydroxyl groups is 1. The number of hydrogen-bond acceptors (Lipinski definition) is 5. The van der Waals surface area contributed by atoms with Crippen LogP contribution in [0.5, 0.6) is 5.75 Å². The van der Waals surface area contributed by atoms with Crippen LogP contribution in [-0.2, 0) is 4.79 Å². The molecule has 0 saturated heterocycles. The van der Waals surface area contributed by atoms with E-state index < -0.39 is 0 Å². The van der Waals surface area contributed by atoms with Crippen LogP contribution in [0.25, 0.3) is 0 Å². The average molecular weight is 287 g/mol. The SMILES string of the molecule is CC(=O)C(/C=N/C(C)=N/N=C/c1ccccc1O)=C(\C)O. The van der Waals surface area contributed by atoms with Gasteiger partial charge in [-0.05, 0) is 32.9 Å². The Kier molecular flexibility index (Phi) is 6.00. The maximum atomic E-state index is 11.2. The van der Waals surface area contributed by atoms with Crippen molar-refractivity contribution in [1.82, 2.24) is 0 Å². The number of ketones is 1. The number of Topliss-reactive ketones (excluding diaryl/α,β-unsaturated/α-hetero) is 1. The molecule has 0 fully saturated rings. The summed E-state index contributed by atoms with van der Waals surface area (Å²) in [4.78, 5) is 15.2. The fourth-order valence-corrected chi connectivity index (χ4v) is 1.39. The smallest absolute Gasteiger partial charge is 0.164 e. The monoisotopic (exact) mass is 287 g/mol. The highest BCUT2D eigenvalue weighted by Crippen LogP contribution is 2.12. The van der Waals surface area contributed by atoms with E-state index in [1.165, 1.54) is 26.3 Å². The number of allylic oxidation sites excluding steroid dienone is 2. The number of carbonyl (C=O) groups excluding carboxylic acids is 1. The molecule has 1 rings (SSSR count). The van der Waals surface area contributed by atoms with Crippen LogP contribution in [0.15, 0.2) is 50.8 Å². The lowest BCUT2D eigenvalue weighted by atomic mass is 10.2. The number of rotatable bonds is 4. The molecule has 1 aromatic rings. The van der Waals surface area contributed by atoms with Crippen molar-refractivity contribution >= 4 is 24.0 Å². The van der Waals surface area contributed by atoms with Gasteiger partial charge in [0, 0.05) is 11.8 Å². The Balaban J connectivity index is 2.81. The number of phenols is 1. The van der Waals surface area contributed by atoms with Crippen molar-refractivity contribution in [3.05, 3.63) is 41.2 Å². The number of carbonyl (C=O) groups is 1. The van der Waals surface area contributed by atoms with E-state index in [0.29, 0.717) is 11.4 Å². The van der Waals surface area contributed by atoms with Crippen LogP contribution in [-0.4, -0.2) is 34.3 Å². The van der Waals surface area contributed by atoms with Gasteiger partial charge in [-0.25, -0.2) is 4.99 Å². The zero-order valence-corrected chi connectivity index (χ0v) is 12.1. The molecule has 0 atom stereocenters. The molecule has 0 aliphatic heterocycles. The molecular weight excluding hydrogens is 270 g/mol. The van der Waals surface area contributed by atoms with Gasteiger partial charge < -0.3 is 10.2 Å². The Labute approximate surface area is 122 Å². The number of aliphatic imine (C=N–C) groups is 1. The third-order valence-electron chi connectivity index (χ3n) is 2.49. The lowest BCUT2D eigenvalue weighted by Crippen LogP contribution is -2.02. The first kappa shape index (κ1) is 16.3. The fraction of sp³-hybridized carbons (Fsp3) is 0.200. The Morgan fingerprint density at radius 1 is 1.19 bits per heavy atom. The normalized spacial score (nSPS) is 13.8. The number of amidine groups is 1. The number of phenolic OH excluding ortho intramolecular Hbond substituents is 1. The predicted molar refractivity (Wildman–Crippen MR) is 83.3 cm³/mol. The van der Waals surface area contributed by atoms with E-state index in [4.69, 9.17) is 0 Å². The van der Waals surface area contributed by atoms with Gasteiger partial charge in [-0.3, -0.25) is 4.79 Å². The van der Waals surface area contributed by atoms with Crippen LogP contribution >= 0.6 is 0 Å². The molecule has 0 heterocycles. The van der Waals surface area contributed by atoms with Gasteiger partial charge >= 0.3 is 0 Å². The number of aliphatic hydroxyl groups excluding tert-OH is 1. The van der Waals surface area contributed by atoms with E-state index in [0.717, 1.165) is 0 Å². The Morgan fingerprint density at radius 3 is 2.43 bits per heavy atom. The van der Waals surface area contributed by atoms with Gasteiger partial charge in [0.15, 0.2) is 5.78 Å². The summed E-state index contributed by atoms with van der Waals surface area (Å²) in [6.45, 7) is 4.35. The lowest BCUT2D eigenvalue weighted by Gasteiger charge is -1.97. The van der Waals surface area contributed by atoms with Crippen LogP contribution in [0, 0.1) is 0 Å². The van der Waals surface area contributed by atoms with Gasteiger partial charge in [-0.1, -0.05) is 12.1 Å². The zero-order chi connectivity index (χ0) is 15.8. The molecule has 21 heavy (non-hydrogen) atoms. The fourth-order valence-electron chi connectivity index (χ4n) is 1.39. The minimum Gasteiger partial charge on any atom is -0.512 e. The van der Waals surface area contributed by atoms with E-state index in [-0.39, 0.29) is 22.9 Å². The largest absolute Gasteiger partial charge is 0.512 e. The highest BCUT2D eigenvalue weighted by atomic mass is 16.3. The van der Waals surface area contributed by atoms with E-state index in [2.05, 4.69) is 15.2 Å². The predicted octanol–water partition coefficient (Wildman–Crippen LogP) is 2.64. The van der Waals surface area contributed by atoms with Crippen molar-refractivity contribution in [1.29, 1.82) is 0 Å². The second-order valence-corrected chi connectivity index (χ2v) is 4.26. The Hall–Kier alpha value is -2.76. The molecular formula is C15H17N3O3. The Bertz CT molecular complexity index is 639. The van der Waals surface area contributed by atoms with Crippen LogP contribution in [0.2, 0.25) is 0 Å². The number of aromatic hydroxyl groups is 1. The van der Waals surface area contributed by atoms with Gasteiger partial charge in [-0.2, -0.15) is 5.10 Å². The topological polar surface area (TPSA) is 94.6 Å². The first-order valence-corrected chi connectivity index (χ1v) is 6.22. The van der Waals surface area contributed by atoms with Gasteiger partial charge in [0.1, 0.15) is 17.3 Å². The first-order valence-electron chi connectivity index (χ1n) is 6.22. The molecule has 1 aromatic carbocycles. The quantitative estimate of drug-likeness (QED) is 0.293. The summed E-state index contributed by atoms with van der Waals surface area (Å²) in [6, 6.07) is 6.71. The van der Waals surface area contributed by atoms with Gasteiger partial charge in [0.25, 0.3) is 0 Å². The highest BCUT2D eigenvalue weighted by Gasteiger charge is 2.04. The van der Waals surface area contributed by atoms with Crippen molar-refractivity contribution in [2.45, 2.75) is 20.8 Å². The van der Waals surface area contributed by atoms with Gasteiger partial charge in [-0.15, -0.1) is 5.10 Å². The van der Waals surface area contributed by atoms with Crippen LogP contribution in [0.4, 0.5) is 0 Å². The summed E-state index contributed by atoms with van der Waals surface area (Å²) in [5.74, 6) is 0.0259. The highest BCUT2D eigenvalue weighted by molar-refractivity contribution is 6.14. The average Bonchev–Trinajstić information content (AvgIpc) is 2.40. The summed E-state index contributed by atoms with van der Waals surface area (Å²) in [6.07, 6.45) is 2.64. The molecule has 0 bridgehead atoms. The second-order valence-electron chi connectivity index (χ2n) is 4.26. The van der Waals surface area contributed by atoms with Crippen LogP contribution in [0.3, 0.4) is 0 Å².